The van der Waals surface area contributed by atoms with Crippen molar-refractivity contribution in [2.75, 3.05) is 21.2 Å². The molecule has 0 N–H and O–H groups in total. The Kier molecular flexibility index (Phi) is 8.03. The Labute approximate surface area is 232 Å². The summed E-state index contributed by atoms with van der Waals surface area (Å²) in [7, 11) is 5.83. The number of hydrogen-bond acceptors (Lipinski definition) is 4. The molecule has 0 bridgehead atoms. The standard InChI is InChI=1S/C31H32ClFN2O2S/c1-34(2)23-11-13-24(14-12-23)35(31(36)30-29(32)26-6-4-5-7-28(26)38-30)19-22-18-21(10-17-27(22)33)20-8-15-25(37-3)16-9-20/h4-10,15-18,23-24H,11-14,19H2,1-3H3/t23-,24-. The van der Waals surface area contributed by atoms with E-state index in [0.29, 0.717) is 21.5 Å². The van der Waals surface area contributed by atoms with Crippen molar-refractivity contribution in [1.29, 1.82) is 0 Å². The number of thiophene rings is 1. The molecule has 0 aliphatic heterocycles. The summed E-state index contributed by atoms with van der Waals surface area (Å²) in [5.74, 6) is 0.324. The summed E-state index contributed by atoms with van der Waals surface area (Å²) in [5.41, 5.74) is 2.36. The number of ether oxygens (including phenoxy) is 1. The van der Waals surface area contributed by atoms with Gasteiger partial charge in [0.1, 0.15) is 16.4 Å². The Hall–Kier alpha value is -2.93. The molecule has 1 amide bonds. The van der Waals surface area contributed by atoms with Crippen LogP contribution in [0.2, 0.25) is 5.02 Å². The Balaban J connectivity index is 1.49. The molecule has 1 saturated carbocycles. The van der Waals surface area contributed by atoms with Gasteiger partial charge in [0, 0.05) is 34.3 Å². The number of nitrogens with zero attached hydrogens (tertiary/aromatic N) is 2. The van der Waals surface area contributed by atoms with Crippen LogP contribution in [0.1, 0.15) is 40.9 Å². The quantitative estimate of drug-likeness (QED) is 0.234. The van der Waals surface area contributed by atoms with Gasteiger partial charge in [-0.15, -0.1) is 11.3 Å². The average molecular weight is 551 g/mol. The number of carbonyl (C=O) groups is 1. The van der Waals surface area contributed by atoms with E-state index in [2.05, 4.69) is 19.0 Å². The van der Waals surface area contributed by atoms with Crippen molar-refractivity contribution in [3.63, 3.8) is 0 Å². The minimum Gasteiger partial charge on any atom is -0.497 e. The van der Waals surface area contributed by atoms with Gasteiger partial charge < -0.3 is 14.5 Å². The van der Waals surface area contributed by atoms with E-state index in [-0.39, 0.29) is 24.3 Å². The number of fused-ring (bicyclic) bond motifs is 1. The number of amides is 1. The fourth-order valence-electron chi connectivity index (χ4n) is 5.38. The molecule has 0 unspecified atom stereocenters. The third-order valence-electron chi connectivity index (χ3n) is 7.64. The molecule has 5 rings (SSSR count). The largest absolute Gasteiger partial charge is 0.497 e. The van der Waals surface area contributed by atoms with Crippen LogP contribution in [0.25, 0.3) is 21.2 Å². The number of benzene rings is 3. The fraction of sp³-hybridized carbons (Fsp3) is 0.323. The molecule has 0 spiro atoms. The van der Waals surface area contributed by atoms with E-state index in [1.54, 1.807) is 13.2 Å². The maximum absolute atomic E-state index is 15.2. The lowest BCUT2D eigenvalue weighted by atomic mass is 9.89. The smallest absolute Gasteiger partial charge is 0.266 e. The zero-order valence-corrected chi connectivity index (χ0v) is 23.5. The highest BCUT2D eigenvalue weighted by molar-refractivity contribution is 7.21. The van der Waals surface area contributed by atoms with E-state index in [1.807, 2.05) is 59.5 Å². The van der Waals surface area contributed by atoms with Gasteiger partial charge in [-0.25, -0.2) is 4.39 Å². The number of hydrogen-bond donors (Lipinski definition) is 0. The topological polar surface area (TPSA) is 32.8 Å². The molecular weight excluding hydrogens is 519 g/mol. The highest BCUT2D eigenvalue weighted by atomic mass is 35.5. The third-order valence-corrected chi connectivity index (χ3v) is 9.30. The van der Waals surface area contributed by atoms with Gasteiger partial charge in [0.05, 0.1) is 12.1 Å². The second-order valence-corrected chi connectivity index (χ2v) is 11.6. The minimum atomic E-state index is -0.315. The van der Waals surface area contributed by atoms with Gasteiger partial charge in [0.25, 0.3) is 5.91 Å². The predicted octanol–water partition coefficient (Wildman–Crippen LogP) is 7.88. The van der Waals surface area contributed by atoms with Crippen LogP contribution in [0.5, 0.6) is 5.75 Å². The Morgan fingerprint density at radius 3 is 2.29 bits per heavy atom. The molecule has 38 heavy (non-hydrogen) atoms. The van der Waals surface area contributed by atoms with Crippen LogP contribution in [0.4, 0.5) is 4.39 Å². The zero-order valence-electron chi connectivity index (χ0n) is 21.9. The summed E-state index contributed by atoms with van der Waals surface area (Å²) in [5, 5.41) is 1.36. The molecule has 1 aromatic heterocycles. The number of halogens is 2. The first-order valence-corrected chi connectivity index (χ1v) is 14.1. The molecule has 3 aromatic carbocycles. The number of rotatable bonds is 7. The third kappa shape index (κ3) is 5.44. The molecule has 198 valence electrons. The lowest BCUT2D eigenvalue weighted by Crippen LogP contribution is -2.44. The number of carbonyl (C=O) groups excluding carboxylic acids is 1. The van der Waals surface area contributed by atoms with E-state index in [9.17, 15) is 4.79 Å². The van der Waals surface area contributed by atoms with Crippen LogP contribution in [-0.4, -0.2) is 49.0 Å². The molecular formula is C31H32ClFN2O2S. The van der Waals surface area contributed by atoms with Gasteiger partial charge in [-0.2, -0.15) is 0 Å². The average Bonchev–Trinajstić information content (AvgIpc) is 3.28. The van der Waals surface area contributed by atoms with Crippen molar-refractivity contribution in [2.24, 2.45) is 0 Å². The van der Waals surface area contributed by atoms with Crippen LogP contribution in [-0.2, 0) is 6.54 Å². The van der Waals surface area contributed by atoms with Gasteiger partial charge in [-0.3, -0.25) is 4.79 Å². The van der Waals surface area contributed by atoms with Crippen molar-refractivity contribution in [3.8, 4) is 16.9 Å². The van der Waals surface area contributed by atoms with Gasteiger partial charge in [0.15, 0.2) is 0 Å². The lowest BCUT2D eigenvalue weighted by Gasteiger charge is -2.39. The van der Waals surface area contributed by atoms with E-state index >= 15 is 4.39 Å². The van der Waals surface area contributed by atoms with E-state index in [1.165, 1.54) is 17.4 Å². The van der Waals surface area contributed by atoms with Crippen molar-refractivity contribution in [3.05, 3.63) is 88.0 Å². The second kappa shape index (κ2) is 11.4. The van der Waals surface area contributed by atoms with Crippen LogP contribution in [0.3, 0.4) is 0 Å². The Morgan fingerprint density at radius 2 is 1.63 bits per heavy atom. The predicted molar refractivity (Wildman–Crippen MR) is 155 cm³/mol. The molecule has 4 nitrogen and oxygen atoms in total. The first-order valence-electron chi connectivity index (χ1n) is 12.9. The summed E-state index contributed by atoms with van der Waals surface area (Å²) >= 11 is 8.15. The van der Waals surface area contributed by atoms with Crippen LogP contribution < -0.4 is 4.74 Å². The molecule has 0 atom stereocenters. The van der Waals surface area contributed by atoms with Crippen LogP contribution in [0.15, 0.2) is 66.7 Å². The summed E-state index contributed by atoms with van der Waals surface area (Å²) in [6, 6.07) is 21.1. The summed E-state index contributed by atoms with van der Waals surface area (Å²) in [6.07, 6.45) is 3.74. The molecule has 1 fully saturated rings. The molecule has 0 saturated heterocycles. The van der Waals surface area contributed by atoms with Gasteiger partial charge >= 0.3 is 0 Å². The molecule has 0 radical (unpaired) electrons. The van der Waals surface area contributed by atoms with Crippen molar-refractivity contribution < 1.29 is 13.9 Å². The number of methoxy groups -OCH3 is 1. The Bertz CT molecular complexity index is 1430. The summed E-state index contributed by atoms with van der Waals surface area (Å²) in [4.78, 5) is 18.7. The Morgan fingerprint density at radius 1 is 0.974 bits per heavy atom. The van der Waals surface area contributed by atoms with E-state index < -0.39 is 0 Å². The van der Waals surface area contributed by atoms with Crippen molar-refractivity contribution >= 4 is 38.9 Å². The van der Waals surface area contributed by atoms with Crippen LogP contribution in [0, 0.1) is 5.82 Å². The molecule has 7 heteroatoms. The van der Waals surface area contributed by atoms with Crippen molar-refractivity contribution in [1.82, 2.24) is 9.80 Å². The van der Waals surface area contributed by atoms with E-state index in [4.69, 9.17) is 16.3 Å². The molecule has 4 aromatic rings. The van der Waals surface area contributed by atoms with Gasteiger partial charge in [-0.05, 0) is 81.2 Å². The normalized spacial score (nSPS) is 17.6. The summed E-state index contributed by atoms with van der Waals surface area (Å²) < 4.78 is 21.5. The van der Waals surface area contributed by atoms with Crippen molar-refractivity contribution in [2.45, 2.75) is 44.3 Å². The minimum absolute atomic E-state index is 0.0176. The first-order chi connectivity index (χ1) is 18.4. The van der Waals surface area contributed by atoms with Gasteiger partial charge in [0.2, 0.25) is 0 Å². The maximum Gasteiger partial charge on any atom is 0.266 e. The SMILES string of the molecule is COc1ccc(-c2ccc(F)c(CN(C(=O)c3sc4ccccc4c3Cl)[C@H]3CC[C@H](N(C)C)CC3)c2)cc1. The molecule has 1 aliphatic rings. The first kappa shape index (κ1) is 26.7. The fourth-order valence-corrected chi connectivity index (χ4v) is 6.85. The molecule has 1 aliphatic carbocycles. The maximum atomic E-state index is 15.2. The highest BCUT2D eigenvalue weighted by Crippen LogP contribution is 2.38. The van der Waals surface area contributed by atoms with E-state index in [0.717, 1.165) is 52.6 Å². The monoisotopic (exact) mass is 550 g/mol. The van der Waals surface area contributed by atoms with Crippen LogP contribution >= 0.6 is 22.9 Å². The highest BCUT2D eigenvalue weighted by Gasteiger charge is 2.32. The lowest BCUT2D eigenvalue weighted by molar-refractivity contribution is 0.0572. The molecule has 1 heterocycles. The zero-order chi connectivity index (χ0) is 26.8. The van der Waals surface area contributed by atoms with Gasteiger partial charge in [-0.1, -0.05) is 48.0 Å². The second-order valence-electron chi connectivity index (χ2n) is 10.1. The summed E-state index contributed by atoms with van der Waals surface area (Å²) in [6.45, 7) is 0.191.